The third-order valence-corrected chi connectivity index (χ3v) is 5.62. The lowest BCUT2D eigenvalue weighted by molar-refractivity contribution is -0.121. The Bertz CT molecular complexity index is 983. The zero-order chi connectivity index (χ0) is 20.1. The smallest absolute Gasteiger partial charge is 0.338 e. The maximum atomic E-state index is 12.8. The lowest BCUT2D eigenvalue weighted by Gasteiger charge is -2.27. The molecule has 3 rings (SSSR count). The molecule has 7 nitrogen and oxygen atoms in total. The number of amides is 1. The van der Waals surface area contributed by atoms with Crippen LogP contribution in [0.2, 0.25) is 0 Å². The Labute approximate surface area is 162 Å². The lowest BCUT2D eigenvalue weighted by atomic mass is 10.1. The van der Waals surface area contributed by atoms with Gasteiger partial charge < -0.3 is 14.7 Å². The number of hydrogen-bond acceptors (Lipinski definition) is 6. The van der Waals surface area contributed by atoms with E-state index >= 15 is 0 Å². The summed E-state index contributed by atoms with van der Waals surface area (Å²) in [5.74, 6) is -1.43. The van der Waals surface area contributed by atoms with Crippen molar-refractivity contribution in [1.82, 2.24) is 0 Å². The monoisotopic (exact) mass is 401 g/mol. The molecule has 1 heterocycles. The van der Waals surface area contributed by atoms with Crippen LogP contribution in [0.5, 0.6) is 0 Å². The zero-order valence-corrected chi connectivity index (χ0v) is 15.7. The van der Waals surface area contributed by atoms with E-state index < -0.39 is 34.4 Å². The van der Waals surface area contributed by atoms with E-state index in [1.165, 1.54) is 23.1 Å². The van der Waals surface area contributed by atoms with Crippen LogP contribution in [0.25, 0.3) is 0 Å². The third-order valence-electron chi connectivity index (χ3n) is 4.24. The Hall–Kier alpha value is -2.97. The highest BCUT2D eigenvalue weighted by Crippen LogP contribution is 2.23. The largest absolute Gasteiger partial charge is 0.452 e. The van der Waals surface area contributed by atoms with Crippen molar-refractivity contribution in [2.45, 2.75) is 12.6 Å². The van der Waals surface area contributed by atoms with Crippen molar-refractivity contribution in [1.29, 1.82) is 0 Å². The number of hydrogen-bond donors (Lipinski definition) is 1. The predicted molar refractivity (Wildman–Crippen MR) is 103 cm³/mol. The van der Waals surface area contributed by atoms with Gasteiger partial charge in [-0.2, -0.15) is 0 Å². The Morgan fingerprint density at radius 3 is 2.32 bits per heavy atom. The summed E-state index contributed by atoms with van der Waals surface area (Å²) in [6.07, 6.45) is 1.45. The van der Waals surface area contributed by atoms with E-state index in [0.29, 0.717) is 11.3 Å². The molecule has 0 aromatic heterocycles. The van der Waals surface area contributed by atoms with Gasteiger partial charge in [-0.1, -0.05) is 30.3 Å². The number of sulfone groups is 1. The number of nitrogens with zero attached hydrogens (tertiary/aromatic N) is 1. The molecular formula is C20H19NO6S. The highest BCUT2D eigenvalue weighted by molar-refractivity contribution is 7.94. The van der Waals surface area contributed by atoms with E-state index in [-0.39, 0.29) is 17.9 Å². The Balaban J connectivity index is 1.72. The Kier molecular flexibility index (Phi) is 5.91. The summed E-state index contributed by atoms with van der Waals surface area (Å²) in [6, 6.07) is 14.1. The van der Waals surface area contributed by atoms with E-state index in [1.807, 2.05) is 0 Å². The van der Waals surface area contributed by atoms with Crippen LogP contribution in [0.4, 0.5) is 5.69 Å². The second kappa shape index (κ2) is 8.37. The number of benzene rings is 2. The number of aliphatic hydroxyl groups is 1. The second-order valence-electron chi connectivity index (χ2n) is 6.26. The summed E-state index contributed by atoms with van der Waals surface area (Å²) in [5, 5.41) is 10.1. The molecule has 2 aromatic rings. The minimum Gasteiger partial charge on any atom is -0.452 e. The van der Waals surface area contributed by atoms with Crippen molar-refractivity contribution in [3.8, 4) is 0 Å². The zero-order valence-electron chi connectivity index (χ0n) is 14.9. The summed E-state index contributed by atoms with van der Waals surface area (Å²) in [5.41, 5.74) is 1.42. The highest BCUT2D eigenvalue weighted by atomic mass is 32.2. The van der Waals surface area contributed by atoms with Gasteiger partial charge in [-0.25, -0.2) is 13.2 Å². The first-order valence-corrected chi connectivity index (χ1v) is 10.3. The van der Waals surface area contributed by atoms with Crippen LogP contribution in [0.3, 0.4) is 0 Å². The first kappa shape index (κ1) is 19.8. The fourth-order valence-electron chi connectivity index (χ4n) is 2.86. The van der Waals surface area contributed by atoms with Gasteiger partial charge in [0.1, 0.15) is 0 Å². The van der Waals surface area contributed by atoms with Crippen LogP contribution in [-0.4, -0.2) is 43.8 Å². The van der Waals surface area contributed by atoms with Crippen LogP contribution in [0.15, 0.2) is 66.1 Å². The molecule has 1 N–H and O–H groups in total. The molecule has 0 radical (unpaired) electrons. The highest BCUT2D eigenvalue weighted by Gasteiger charge is 2.31. The summed E-state index contributed by atoms with van der Waals surface area (Å²) in [6.45, 7) is -0.669. The molecule has 0 saturated heterocycles. The van der Waals surface area contributed by atoms with Crippen molar-refractivity contribution in [3.05, 3.63) is 77.2 Å². The van der Waals surface area contributed by atoms with Crippen molar-refractivity contribution in [2.24, 2.45) is 0 Å². The van der Waals surface area contributed by atoms with Crippen LogP contribution >= 0.6 is 0 Å². The lowest BCUT2D eigenvalue weighted by Crippen LogP contribution is -2.43. The number of rotatable bonds is 6. The van der Waals surface area contributed by atoms with Gasteiger partial charge in [-0.15, -0.1) is 0 Å². The molecule has 28 heavy (non-hydrogen) atoms. The molecule has 0 unspecified atom stereocenters. The van der Waals surface area contributed by atoms with Gasteiger partial charge in [0.25, 0.3) is 5.91 Å². The molecule has 1 aliphatic rings. The first-order valence-electron chi connectivity index (χ1n) is 8.54. The molecule has 1 aliphatic heterocycles. The van der Waals surface area contributed by atoms with Gasteiger partial charge in [0, 0.05) is 11.1 Å². The van der Waals surface area contributed by atoms with Gasteiger partial charge in [-0.3, -0.25) is 4.79 Å². The van der Waals surface area contributed by atoms with Gasteiger partial charge >= 0.3 is 5.97 Å². The Morgan fingerprint density at radius 2 is 1.75 bits per heavy atom. The summed E-state index contributed by atoms with van der Waals surface area (Å²) >= 11 is 0. The maximum Gasteiger partial charge on any atom is 0.338 e. The van der Waals surface area contributed by atoms with E-state index in [4.69, 9.17) is 9.84 Å². The third kappa shape index (κ3) is 4.65. The molecule has 1 atom stereocenters. The Morgan fingerprint density at radius 1 is 1.07 bits per heavy atom. The number of esters is 1. The van der Waals surface area contributed by atoms with Gasteiger partial charge in [0.15, 0.2) is 16.4 Å². The number of ether oxygens (including phenoxy) is 1. The SMILES string of the molecule is O=C(OCC(=O)N(c1ccccc1)[C@H]1C=CS(=O)(=O)C1)c1ccc(CO)cc1. The molecular weight excluding hydrogens is 382 g/mol. The van der Waals surface area contributed by atoms with Crippen molar-refractivity contribution < 1.29 is 27.9 Å². The average molecular weight is 401 g/mol. The molecule has 2 aromatic carbocycles. The quantitative estimate of drug-likeness (QED) is 0.739. The summed E-state index contributed by atoms with van der Waals surface area (Å²) < 4.78 is 28.7. The maximum absolute atomic E-state index is 12.8. The molecule has 0 spiro atoms. The van der Waals surface area contributed by atoms with Crippen molar-refractivity contribution in [3.63, 3.8) is 0 Å². The van der Waals surface area contributed by atoms with Gasteiger partial charge in [0.05, 0.1) is 24.0 Å². The molecule has 0 bridgehead atoms. The molecule has 8 heteroatoms. The average Bonchev–Trinajstić information content (AvgIpc) is 3.06. The molecule has 1 amide bonds. The summed E-state index contributed by atoms with van der Waals surface area (Å²) in [4.78, 5) is 26.3. The number of para-hydroxylation sites is 1. The predicted octanol–water partition coefficient (Wildman–Crippen LogP) is 1.68. The van der Waals surface area contributed by atoms with Gasteiger partial charge in [0.2, 0.25) is 0 Å². The van der Waals surface area contributed by atoms with Crippen LogP contribution in [0, 0.1) is 0 Å². The topological polar surface area (TPSA) is 101 Å². The second-order valence-corrected chi connectivity index (χ2v) is 8.19. The molecule has 0 aliphatic carbocycles. The van der Waals surface area contributed by atoms with Crippen LogP contribution in [0.1, 0.15) is 15.9 Å². The number of carbonyl (C=O) groups excluding carboxylic acids is 2. The standard InChI is InChI=1S/C20H19NO6S/c22-12-15-6-8-16(9-7-15)20(24)27-13-19(23)21(17-4-2-1-3-5-17)18-10-11-28(25,26)14-18/h1-11,18,22H,12-14H2/t18-/m0/s1. The minimum atomic E-state index is -3.37. The van der Waals surface area contributed by atoms with E-state index in [9.17, 15) is 18.0 Å². The molecule has 0 fully saturated rings. The summed E-state index contributed by atoms with van der Waals surface area (Å²) in [7, 11) is -3.37. The van der Waals surface area contributed by atoms with E-state index in [1.54, 1.807) is 42.5 Å². The molecule has 0 saturated carbocycles. The number of carbonyl (C=O) groups is 2. The van der Waals surface area contributed by atoms with Crippen molar-refractivity contribution >= 4 is 27.4 Å². The minimum absolute atomic E-state index is 0.141. The first-order chi connectivity index (χ1) is 13.4. The number of aliphatic hydroxyl groups excluding tert-OH is 1. The van der Waals surface area contributed by atoms with E-state index in [0.717, 1.165) is 5.41 Å². The fourth-order valence-corrected chi connectivity index (χ4v) is 4.12. The number of anilines is 1. The van der Waals surface area contributed by atoms with Crippen molar-refractivity contribution in [2.75, 3.05) is 17.3 Å². The molecule has 146 valence electrons. The van der Waals surface area contributed by atoms with Crippen LogP contribution < -0.4 is 4.90 Å². The van der Waals surface area contributed by atoms with Gasteiger partial charge in [-0.05, 0) is 35.9 Å². The normalized spacial score (nSPS) is 17.2. The van der Waals surface area contributed by atoms with E-state index in [2.05, 4.69) is 0 Å². The van der Waals surface area contributed by atoms with Crippen LogP contribution in [-0.2, 0) is 26.0 Å². The fraction of sp³-hybridized carbons (Fsp3) is 0.200.